The number of hydrogen-bond donors (Lipinski definition) is 1. The highest BCUT2D eigenvalue weighted by Gasteiger charge is 2.29. The topological polar surface area (TPSA) is 56.7 Å². The Morgan fingerprint density at radius 3 is 2.79 bits per heavy atom. The molecule has 0 bridgehead atoms. The van der Waals surface area contributed by atoms with Gasteiger partial charge in [0, 0.05) is 0 Å². The standard InChI is InChI=1S/C10H18N4/c1-7-12-8(2)14(13-7)10-5-3-4-9(10)6-11/h9-10H,3-6,11H2,1-2H3. The molecule has 0 aromatic carbocycles. The van der Waals surface area contributed by atoms with Crippen molar-refractivity contribution in [3.05, 3.63) is 11.6 Å². The van der Waals surface area contributed by atoms with Crippen LogP contribution in [0.4, 0.5) is 0 Å². The second kappa shape index (κ2) is 3.69. The monoisotopic (exact) mass is 194 g/mol. The normalized spacial score (nSPS) is 27.1. The summed E-state index contributed by atoms with van der Waals surface area (Å²) in [7, 11) is 0. The molecule has 0 radical (unpaired) electrons. The highest BCUT2D eigenvalue weighted by molar-refractivity contribution is 4.94. The van der Waals surface area contributed by atoms with Crippen molar-refractivity contribution in [3.63, 3.8) is 0 Å². The van der Waals surface area contributed by atoms with Gasteiger partial charge in [-0.05, 0) is 39.2 Å². The first-order valence-corrected chi connectivity index (χ1v) is 5.32. The molecule has 1 heterocycles. The fourth-order valence-corrected chi connectivity index (χ4v) is 2.46. The summed E-state index contributed by atoms with van der Waals surface area (Å²) in [6.07, 6.45) is 3.70. The van der Waals surface area contributed by atoms with Crippen LogP contribution in [0.5, 0.6) is 0 Å². The molecule has 2 unspecified atom stereocenters. The van der Waals surface area contributed by atoms with E-state index in [1.807, 2.05) is 13.8 Å². The first-order chi connectivity index (χ1) is 6.72. The van der Waals surface area contributed by atoms with E-state index < -0.39 is 0 Å². The van der Waals surface area contributed by atoms with Crippen molar-refractivity contribution < 1.29 is 0 Å². The Kier molecular flexibility index (Phi) is 2.54. The summed E-state index contributed by atoms with van der Waals surface area (Å²) >= 11 is 0. The summed E-state index contributed by atoms with van der Waals surface area (Å²) in [5.74, 6) is 2.48. The average molecular weight is 194 g/mol. The van der Waals surface area contributed by atoms with E-state index >= 15 is 0 Å². The molecule has 4 heteroatoms. The van der Waals surface area contributed by atoms with Gasteiger partial charge in [-0.3, -0.25) is 0 Å². The molecule has 1 aliphatic carbocycles. The van der Waals surface area contributed by atoms with E-state index in [4.69, 9.17) is 5.73 Å². The van der Waals surface area contributed by atoms with Crippen LogP contribution in [0.2, 0.25) is 0 Å². The predicted octanol–water partition coefficient (Wildman–Crippen LogP) is 1.19. The molecule has 1 fully saturated rings. The number of nitrogens with two attached hydrogens (primary N) is 1. The predicted molar refractivity (Wildman–Crippen MR) is 54.9 cm³/mol. The molecule has 2 N–H and O–H groups in total. The van der Waals surface area contributed by atoms with E-state index in [2.05, 4.69) is 14.8 Å². The van der Waals surface area contributed by atoms with Gasteiger partial charge in [0.15, 0.2) is 0 Å². The van der Waals surface area contributed by atoms with Gasteiger partial charge >= 0.3 is 0 Å². The van der Waals surface area contributed by atoms with Gasteiger partial charge in [-0.25, -0.2) is 9.67 Å². The van der Waals surface area contributed by atoms with Crippen molar-refractivity contribution in [2.75, 3.05) is 6.54 Å². The van der Waals surface area contributed by atoms with Crippen LogP contribution in [-0.2, 0) is 0 Å². The van der Waals surface area contributed by atoms with Crippen molar-refractivity contribution in [1.82, 2.24) is 14.8 Å². The number of hydrogen-bond acceptors (Lipinski definition) is 3. The number of aromatic nitrogens is 3. The molecule has 0 spiro atoms. The zero-order valence-electron chi connectivity index (χ0n) is 8.90. The van der Waals surface area contributed by atoms with E-state index in [1.54, 1.807) is 0 Å². The molecular formula is C10H18N4. The van der Waals surface area contributed by atoms with Crippen LogP contribution in [0, 0.1) is 19.8 Å². The highest BCUT2D eigenvalue weighted by atomic mass is 15.4. The van der Waals surface area contributed by atoms with E-state index in [9.17, 15) is 0 Å². The Balaban J connectivity index is 2.25. The Morgan fingerprint density at radius 1 is 1.43 bits per heavy atom. The van der Waals surface area contributed by atoms with Gasteiger partial charge in [0.1, 0.15) is 11.6 Å². The lowest BCUT2D eigenvalue weighted by molar-refractivity contribution is 0.350. The Labute approximate surface area is 84.5 Å². The lowest BCUT2D eigenvalue weighted by atomic mass is 10.0. The molecule has 1 aliphatic rings. The quantitative estimate of drug-likeness (QED) is 0.769. The molecule has 0 aliphatic heterocycles. The maximum Gasteiger partial charge on any atom is 0.147 e. The zero-order valence-corrected chi connectivity index (χ0v) is 8.90. The summed E-state index contributed by atoms with van der Waals surface area (Å²) < 4.78 is 2.07. The lowest BCUT2D eigenvalue weighted by Gasteiger charge is -2.18. The fourth-order valence-electron chi connectivity index (χ4n) is 2.46. The van der Waals surface area contributed by atoms with Gasteiger partial charge in [0.05, 0.1) is 6.04 Å². The van der Waals surface area contributed by atoms with Gasteiger partial charge in [0.2, 0.25) is 0 Å². The Bertz CT molecular complexity index is 318. The van der Waals surface area contributed by atoms with E-state index in [0.717, 1.165) is 18.2 Å². The van der Waals surface area contributed by atoms with Crippen LogP contribution in [0.15, 0.2) is 0 Å². The number of aryl methyl sites for hydroxylation is 2. The maximum absolute atomic E-state index is 5.76. The molecule has 1 saturated carbocycles. The van der Waals surface area contributed by atoms with Gasteiger partial charge in [0.25, 0.3) is 0 Å². The summed E-state index contributed by atoms with van der Waals surface area (Å²) in [6, 6.07) is 0.487. The molecule has 2 atom stereocenters. The summed E-state index contributed by atoms with van der Waals surface area (Å²) in [5, 5.41) is 4.44. The van der Waals surface area contributed by atoms with Crippen LogP contribution >= 0.6 is 0 Å². The third-order valence-corrected chi connectivity index (χ3v) is 3.14. The molecule has 0 saturated heterocycles. The Hall–Kier alpha value is -0.900. The second-order valence-electron chi connectivity index (χ2n) is 4.14. The third-order valence-electron chi connectivity index (χ3n) is 3.14. The van der Waals surface area contributed by atoms with Crippen LogP contribution in [0.3, 0.4) is 0 Å². The maximum atomic E-state index is 5.76. The minimum Gasteiger partial charge on any atom is -0.330 e. The number of rotatable bonds is 2. The van der Waals surface area contributed by atoms with E-state index in [0.29, 0.717) is 12.0 Å². The third kappa shape index (κ3) is 1.54. The summed E-state index contributed by atoms with van der Waals surface area (Å²) in [5.41, 5.74) is 5.76. The smallest absolute Gasteiger partial charge is 0.147 e. The van der Waals surface area contributed by atoms with Crippen molar-refractivity contribution in [3.8, 4) is 0 Å². The first-order valence-electron chi connectivity index (χ1n) is 5.32. The van der Waals surface area contributed by atoms with E-state index in [-0.39, 0.29) is 0 Å². The number of nitrogens with zero attached hydrogens (tertiary/aromatic N) is 3. The van der Waals surface area contributed by atoms with Gasteiger partial charge in [-0.15, -0.1) is 0 Å². The molecule has 78 valence electrons. The molecule has 0 amide bonds. The minimum absolute atomic E-state index is 0.487. The summed E-state index contributed by atoms with van der Waals surface area (Å²) in [4.78, 5) is 4.34. The molecule has 4 nitrogen and oxygen atoms in total. The van der Waals surface area contributed by atoms with Gasteiger partial charge < -0.3 is 5.73 Å². The van der Waals surface area contributed by atoms with Crippen LogP contribution < -0.4 is 5.73 Å². The fraction of sp³-hybridized carbons (Fsp3) is 0.800. The minimum atomic E-state index is 0.487. The van der Waals surface area contributed by atoms with Crippen molar-refractivity contribution >= 4 is 0 Å². The molecule has 1 aromatic heterocycles. The largest absolute Gasteiger partial charge is 0.330 e. The van der Waals surface area contributed by atoms with Crippen LogP contribution in [-0.4, -0.2) is 21.3 Å². The molecule has 14 heavy (non-hydrogen) atoms. The Morgan fingerprint density at radius 2 is 2.21 bits per heavy atom. The lowest BCUT2D eigenvalue weighted by Crippen LogP contribution is -2.23. The zero-order chi connectivity index (χ0) is 10.1. The van der Waals surface area contributed by atoms with Crippen LogP contribution in [0.25, 0.3) is 0 Å². The SMILES string of the molecule is Cc1nc(C)n(C2CCCC2CN)n1. The van der Waals surface area contributed by atoms with E-state index in [1.165, 1.54) is 19.3 Å². The van der Waals surface area contributed by atoms with Crippen LogP contribution in [0.1, 0.15) is 37.0 Å². The van der Waals surface area contributed by atoms with Crippen molar-refractivity contribution in [2.45, 2.75) is 39.2 Å². The average Bonchev–Trinajstić information content (AvgIpc) is 2.71. The van der Waals surface area contributed by atoms with Gasteiger partial charge in [-0.1, -0.05) is 6.42 Å². The van der Waals surface area contributed by atoms with Gasteiger partial charge in [-0.2, -0.15) is 5.10 Å². The highest BCUT2D eigenvalue weighted by Crippen LogP contribution is 2.34. The van der Waals surface area contributed by atoms with Crippen molar-refractivity contribution in [1.29, 1.82) is 0 Å². The molecular weight excluding hydrogens is 176 g/mol. The summed E-state index contributed by atoms with van der Waals surface area (Å²) in [6.45, 7) is 4.73. The second-order valence-corrected chi connectivity index (χ2v) is 4.14. The van der Waals surface area contributed by atoms with Crippen molar-refractivity contribution in [2.24, 2.45) is 11.7 Å². The molecule has 2 rings (SSSR count). The molecule has 1 aromatic rings. The first kappa shape index (κ1) is 9.65.